The molecule has 0 fully saturated rings. The first kappa shape index (κ1) is 18.5. The number of anilines is 2. The summed E-state index contributed by atoms with van der Waals surface area (Å²) in [6, 6.07) is 13.5. The SMILES string of the molecule is CC(=O)N(CCC(=O)Nc1ccccc1C(F)(F)F)c1ccccc1. The molecule has 0 spiro atoms. The molecule has 0 radical (unpaired) electrons. The summed E-state index contributed by atoms with van der Waals surface area (Å²) < 4.78 is 38.8. The zero-order valence-electron chi connectivity index (χ0n) is 13.5. The molecule has 2 rings (SSSR count). The highest BCUT2D eigenvalue weighted by Gasteiger charge is 2.33. The minimum absolute atomic E-state index is 0.0688. The van der Waals surface area contributed by atoms with Crippen molar-refractivity contribution in [2.45, 2.75) is 19.5 Å². The molecule has 0 unspecified atom stereocenters. The van der Waals surface area contributed by atoms with Crippen LogP contribution in [-0.4, -0.2) is 18.4 Å². The van der Waals surface area contributed by atoms with Crippen LogP contribution >= 0.6 is 0 Å². The zero-order chi connectivity index (χ0) is 18.4. The van der Waals surface area contributed by atoms with E-state index in [9.17, 15) is 22.8 Å². The fraction of sp³-hybridized carbons (Fsp3) is 0.222. The molecule has 0 bridgehead atoms. The number of rotatable bonds is 5. The molecule has 2 aromatic carbocycles. The minimum Gasteiger partial charge on any atom is -0.325 e. The van der Waals surface area contributed by atoms with Gasteiger partial charge >= 0.3 is 6.18 Å². The molecule has 0 heterocycles. The van der Waals surface area contributed by atoms with Crippen molar-refractivity contribution in [1.82, 2.24) is 0 Å². The molecule has 0 aliphatic carbocycles. The van der Waals surface area contributed by atoms with Crippen molar-refractivity contribution in [1.29, 1.82) is 0 Å². The second kappa shape index (κ2) is 7.83. The van der Waals surface area contributed by atoms with Crippen LogP contribution in [0.5, 0.6) is 0 Å². The van der Waals surface area contributed by atoms with Gasteiger partial charge in [-0.2, -0.15) is 13.2 Å². The minimum atomic E-state index is -4.56. The second-order valence-corrected chi connectivity index (χ2v) is 5.35. The van der Waals surface area contributed by atoms with Crippen LogP contribution in [0, 0.1) is 0 Å². The van der Waals surface area contributed by atoms with E-state index in [0.29, 0.717) is 5.69 Å². The highest BCUT2D eigenvalue weighted by Crippen LogP contribution is 2.34. The Kier molecular flexibility index (Phi) is 5.80. The average Bonchev–Trinajstić information content (AvgIpc) is 2.55. The van der Waals surface area contributed by atoms with Crippen molar-refractivity contribution in [3.8, 4) is 0 Å². The first-order chi connectivity index (χ1) is 11.8. The lowest BCUT2D eigenvalue weighted by Crippen LogP contribution is -2.32. The van der Waals surface area contributed by atoms with Gasteiger partial charge in [0.25, 0.3) is 0 Å². The molecule has 0 saturated heterocycles. The van der Waals surface area contributed by atoms with Crippen molar-refractivity contribution in [3.63, 3.8) is 0 Å². The summed E-state index contributed by atoms with van der Waals surface area (Å²) >= 11 is 0. The van der Waals surface area contributed by atoms with E-state index < -0.39 is 17.6 Å². The van der Waals surface area contributed by atoms with E-state index in [1.807, 2.05) is 0 Å². The standard InChI is InChI=1S/C18H17F3N2O2/c1-13(24)23(14-7-3-2-4-8-14)12-11-17(25)22-16-10-6-5-9-15(16)18(19,20)21/h2-10H,11-12H2,1H3,(H,22,25). The number of nitrogens with one attached hydrogen (secondary N) is 1. The van der Waals surface area contributed by atoms with Crippen molar-refractivity contribution >= 4 is 23.2 Å². The Balaban J connectivity index is 2.05. The maximum atomic E-state index is 12.9. The summed E-state index contributed by atoms with van der Waals surface area (Å²) in [7, 11) is 0. The van der Waals surface area contributed by atoms with E-state index in [0.717, 1.165) is 6.07 Å². The molecule has 25 heavy (non-hydrogen) atoms. The maximum Gasteiger partial charge on any atom is 0.418 e. The Morgan fingerprint density at radius 1 is 1.00 bits per heavy atom. The van der Waals surface area contributed by atoms with E-state index in [-0.39, 0.29) is 24.6 Å². The third-order valence-corrected chi connectivity index (χ3v) is 3.52. The Morgan fingerprint density at radius 3 is 2.20 bits per heavy atom. The van der Waals surface area contributed by atoms with Gasteiger partial charge in [-0.3, -0.25) is 9.59 Å². The van der Waals surface area contributed by atoms with Crippen LogP contribution in [0.3, 0.4) is 0 Å². The zero-order valence-corrected chi connectivity index (χ0v) is 13.5. The van der Waals surface area contributed by atoms with Gasteiger partial charge in [-0.25, -0.2) is 0 Å². The van der Waals surface area contributed by atoms with Gasteiger partial charge in [-0.15, -0.1) is 0 Å². The molecule has 0 atom stereocenters. The number of amides is 2. The van der Waals surface area contributed by atoms with Gasteiger partial charge in [-0.1, -0.05) is 30.3 Å². The smallest absolute Gasteiger partial charge is 0.325 e. The van der Waals surface area contributed by atoms with Crippen LogP contribution in [0.25, 0.3) is 0 Å². The normalized spacial score (nSPS) is 11.0. The summed E-state index contributed by atoms with van der Waals surface area (Å²) in [6.45, 7) is 1.43. The van der Waals surface area contributed by atoms with Crippen molar-refractivity contribution in [2.75, 3.05) is 16.8 Å². The Morgan fingerprint density at radius 2 is 1.60 bits per heavy atom. The summed E-state index contributed by atoms with van der Waals surface area (Å²) in [5, 5.41) is 2.27. The van der Waals surface area contributed by atoms with Gasteiger partial charge in [0.2, 0.25) is 11.8 Å². The monoisotopic (exact) mass is 350 g/mol. The van der Waals surface area contributed by atoms with Crippen LogP contribution < -0.4 is 10.2 Å². The lowest BCUT2D eigenvalue weighted by atomic mass is 10.1. The summed E-state index contributed by atoms with van der Waals surface area (Å²) in [5.41, 5.74) is -0.581. The predicted octanol–water partition coefficient (Wildman–Crippen LogP) is 4.09. The van der Waals surface area contributed by atoms with Crippen LogP contribution in [0.15, 0.2) is 54.6 Å². The van der Waals surface area contributed by atoms with Crippen LogP contribution in [0.2, 0.25) is 0 Å². The summed E-state index contributed by atoms with van der Waals surface area (Å²) in [6.07, 6.45) is -4.68. The number of benzene rings is 2. The number of hydrogen-bond donors (Lipinski definition) is 1. The second-order valence-electron chi connectivity index (χ2n) is 5.35. The molecule has 132 valence electrons. The number of alkyl halides is 3. The van der Waals surface area contributed by atoms with Gasteiger partial charge in [0, 0.05) is 25.6 Å². The molecule has 2 aromatic rings. The highest BCUT2D eigenvalue weighted by atomic mass is 19.4. The molecule has 0 saturated carbocycles. The molecular formula is C18H17F3N2O2. The topological polar surface area (TPSA) is 49.4 Å². The molecule has 0 aromatic heterocycles. The molecule has 4 nitrogen and oxygen atoms in total. The van der Waals surface area contributed by atoms with E-state index in [4.69, 9.17) is 0 Å². The number of carbonyl (C=O) groups excluding carboxylic acids is 2. The predicted molar refractivity (Wildman–Crippen MR) is 89.2 cm³/mol. The number of carbonyl (C=O) groups is 2. The Labute approximate surface area is 143 Å². The van der Waals surface area contributed by atoms with Gasteiger partial charge in [0.1, 0.15) is 0 Å². The van der Waals surface area contributed by atoms with Gasteiger partial charge < -0.3 is 10.2 Å². The van der Waals surface area contributed by atoms with E-state index >= 15 is 0 Å². The fourth-order valence-corrected chi connectivity index (χ4v) is 2.34. The van der Waals surface area contributed by atoms with Crippen molar-refractivity contribution in [3.05, 3.63) is 60.2 Å². The first-order valence-corrected chi connectivity index (χ1v) is 7.58. The highest BCUT2D eigenvalue weighted by molar-refractivity contribution is 5.95. The van der Waals surface area contributed by atoms with Gasteiger partial charge in [0.05, 0.1) is 11.3 Å². The maximum absolute atomic E-state index is 12.9. The molecule has 0 aliphatic rings. The molecule has 7 heteroatoms. The number of para-hydroxylation sites is 2. The first-order valence-electron chi connectivity index (χ1n) is 7.58. The summed E-state index contributed by atoms with van der Waals surface area (Å²) in [4.78, 5) is 25.2. The van der Waals surface area contributed by atoms with Crippen molar-refractivity contribution in [2.24, 2.45) is 0 Å². The number of hydrogen-bond acceptors (Lipinski definition) is 2. The summed E-state index contributed by atoms with van der Waals surface area (Å²) in [5.74, 6) is -0.853. The molecule has 1 N–H and O–H groups in total. The third kappa shape index (κ3) is 5.07. The molecule has 0 aliphatic heterocycles. The van der Waals surface area contributed by atoms with Crippen LogP contribution in [0.1, 0.15) is 18.9 Å². The number of halogens is 3. The van der Waals surface area contributed by atoms with E-state index in [1.54, 1.807) is 30.3 Å². The average molecular weight is 350 g/mol. The van der Waals surface area contributed by atoms with Crippen LogP contribution in [0.4, 0.5) is 24.5 Å². The van der Waals surface area contributed by atoms with Crippen molar-refractivity contribution < 1.29 is 22.8 Å². The van der Waals surface area contributed by atoms with Gasteiger partial charge in [0.15, 0.2) is 0 Å². The Hall–Kier alpha value is -2.83. The fourth-order valence-electron chi connectivity index (χ4n) is 2.34. The van der Waals surface area contributed by atoms with E-state index in [1.165, 1.54) is 30.0 Å². The van der Waals surface area contributed by atoms with E-state index in [2.05, 4.69) is 5.32 Å². The quantitative estimate of drug-likeness (QED) is 0.883. The third-order valence-electron chi connectivity index (χ3n) is 3.52. The lowest BCUT2D eigenvalue weighted by molar-refractivity contribution is -0.137. The number of nitrogens with zero attached hydrogens (tertiary/aromatic N) is 1. The molecular weight excluding hydrogens is 333 g/mol. The Bertz CT molecular complexity index is 745. The van der Waals surface area contributed by atoms with Gasteiger partial charge in [-0.05, 0) is 24.3 Å². The molecule has 2 amide bonds. The lowest BCUT2D eigenvalue weighted by Gasteiger charge is -2.21. The largest absolute Gasteiger partial charge is 0.418 e. The van der Waals surface area contributed by atoms with Crippen LogP contribution in [-0.2, 0) is 15.8 Å².